The lowest BCUT2D eigenvalue weighted by Crippen LogP contribution is -2.55. The monoisotopic (exact) mass is 553 g/mol. The molecule has 1 aromatic carbocycles. The van der Waals surface area contributed by atoms with Crippen molar-refractivity contribution in [1.29, 1.82) is 0 Å². The number of fused-ring (bicyclic) bond motifs is 2. The summed E-state index contributed by atoms with van der Waals surface area (Å²) in [6.45, 7) is 2.57. The van der Waals surface area contributed by atoms with Gasteiger partial charge in [-0.3, -0.25) is 9.59 Å². The number of ketones is 1. The zero-order valence-electron chi connectivity index (χ0n) is 22.7. The molecule has 1 N–H and O–H groups in total. The lowest BCUT2D eigenvalue weighted by Gasteiger charge is -2.48. The number of allylic oxidation sites excluding steroid dienone is 4. The van der Waals surface area contributed by atoms with Crippen LogP contribution in [0.15, 0.2) is 47.1 Å². The minimum absolute atomic E-state index is 0.00139. The zero-order valence-corrected chi connectivity index (χ0v) is 22.7. The van der Waals surface area contributed by atoms with E-state index in [9.17, 15) is 36.6 Å². The van der Waals surface area contributed by atoms with E-state index in [1.54, 1.807) is 32.3 Å². The standard InChI is InChI=1S/C30H36F5NO3/c1-17-15-25(18-5-7-19(8-6-18)27(38)36(3)4)26-23-12-10-21(37)16-20(23)9-11-24(26)22(17)13-14-28(2,39)29(31,32)30(33,34)35/h5-8,16-17,22,24-25,39H,9-15H2,1-4H3/t17?,22?,24?,25-,28-/m1/s1. The lowest BCUT2D eigenvalue weighted by molar-refractivity contribution is -0.339. The number of carbonyl (C=O) groups excluding carboxylic acids is 2. The van der Waals surface area contributed by atoms with Gasteiger partial charge in [-0.25, -0.2) is 0 Å². The van der Waals surface area contributed by atoms with Crippen molar-refractivity contribution >= 4 is 11.7 Å². The second-order valence-corrected chi connectivity index (χ2v) is 11.9. The topological polar surface area (TPSA) is 57.6 Å². The minimum Gasteiger partial charge on any atom is -0.384 e. The number of hydrogen-bond acceptors (Lipinski definition) is 3. The molecule has 0 heterocycles. The van der Waals surface area contributed by atoms with Crippen LogP contribution in [0.2, 0.25) is 0 Å². The maximum absolute atomic E-state index is 14.1. The summed E-state index contributed by atoms with van der Waals surface area (Å²) in [5, 5.41) is 10.3. The van der Waals surface area contributed by atoms with Crippen LogP contribution in [0.1, 0.15) is 80.6 Å². The zero-order chi connectivity index (χ0) is 28.9. The molecule has 1 fully saturated rings. The molecule has 0 radical (unpaired) electrons. The van der Waals surface area contributed by atoms with Crippen molar-refractivity contribution in [2.75, 3.05) is 14.1 Å². The Balaban J connectivity index is 1.69. The normalized spacial score (nSPS) is 27.3. The number of halogens is 5. The summed E-state index contributed by atoms with van der Waals surface area (Å²) in [5.74, 6) is -5.53. The molecular weight excluding hydrogens is 517 g/mol. The maximum atomic E-state index is 14.1. The Morgan fingerprint density at radius 2 is 1.69 bits per heavy atom. The first-order valence-corrected chi connectivity index (χ1v) is 13.5. The van der Waals surface area contributed by atoms with E-state index >= 15 is 0 Å². The SMILES string of the molecule is CC1C[C@H](c2ccc(C(=O)N(C)C)cc2)C2=C3CCC(=O)C=C3CCC2C1CC[C@@](C)(O)C(F)(F)C(F)(F)F. The number of amides is 1. The van der Waals surface area contributed by atoms with Crippen LogP contribution in [0.4, 0.5) is 22.0 Å². The fraction of sp³-hybridized carbons (Fsp3) is 0.600. The van der Waals surface area contributed by atoms with Gasteiger partial charge in [0.25, 0.3) is 5.91 Å². The number of aliphatic hydroxyl groups is 1. The number of hydrogen-bond donors (Lipinski definition) is 1. The first-order valence-electron chi connectivity index (χ1n) is 13.5. The molecule has 5 atom stereocenters. The molecule has 1 aromatic rings. The number of alkyl halides is 5. The number of benzene rings is 1. The van der Waals surface area contributed by atoms with Crippen LogP contribution in [0, 0.1) is 17.8 Å². The van der Waals surface area contributed by atoms with E-state index in [0.717, 1.165) is 22.3 Å². The summed E-state index contributed by atoms with van der Waals surface area (Å²) in [6.07, 6.45) is -1.87. The largest absolute Gasteiger partial charge is 0.456 e. The van der Waals surface area contributed by atoms with E-state index in [-0.39, 0.29) is 41.8 Å². The fourth-order valence-electron chi connectivity index (χ4n) is 6.82. The Morgan fingerprint density at radius 3 is 2.28 bits per heavy atom. The first kappa shape index (κ1) is 29.4. The van der Waals surface area contributed by atoms with Gasteiger partial charge >= 0.3 is 12.1 Å². The third-order valence-corrected chi connectivity index (χ3v) is 9.01. The highest BCUT2D eigenvalue weighted by molar-refractivity contribution is 5.94. The van der Waals surface area contributed by atoms with Crippen molar-refractivity contribution in [1.82, 2.24) is 4.90 Å². The van der Waals surface area contributed by atoms with Gasteiger partial charge in [-0.05, 0) is 98.1 Å². The second kappa shape index (κ2) is 10.5. The molecule has 9 heteroatoms. The average molecular weight is 554 g/mol. The van der Waals surface area contributed by atoms with Crippen molar-refractivity contribution < 1.29 is 36.6 Å². The third-order valence-electron chi connectivity index (χ3n) is 9.01. The third kappa shape index (κ3) is 5.43. The molecule has 0 bridgehead atoms. The Morgan fingerprint density at radius 1 is 1.05 bits per heavy atom. The summed E-state index contributed by atoms with van der Waals surface area (Å²) in [5.41, 5.74) is 1.58. The Hall–Kier alpha value is -2.55. The van der Waals surface area contributed by atoms with Gasteiger partial charge in [-0.2, -0.15) is 22.0 Å². The Kier molecular flexibility index (Phi) is 7.89. The maximum Gasteiger partial charge on any atom is 0.456 e. The molecule has 4 nitrogen and oxygen atoms in total. The molecule has 0 aliphatic heterocycles. The van der Waals surface area contributed by atoms with Crippen molar-refractivity contribution in [2.24, 2.45) is 17.8 Å². The van der Waals surface area contributed by atoms with E-state index in [0.29, 0.717) is 44.6 Å². The Bertz CT molecular complexity index is 1180. The van der Waals surface area contributed by atoms with E-state index in [2.05, 4.69) is 0 Å². The number of nitrogens with zero attached hydrogens (tertiary/aromatic N) is 1. The molecule has 3 aliphatic rings. The van der Waals surface area contributed by atoms with E-state index < -0.39 is 24.1 Å². The molecular formula is C30H36F5NO3. The molecule has 39 heavy (non-hydrogen) atoms. The second-order valence-electron chi connectivity index (χ2n) is 11.9. The quantitative estimate of drug-likeness (QED) is 0.392. The molecule has 0 aromatic heterocycles. The average Bonchev–Trinajstić information content (AvgIpc) is 2.86. The molecule has 3 unspecified atom stereocenters. The summed E-state index contributed by atoms with van der Waals surface area (Å²) >= 11 is 0. The molecule has 3 aliphatic carbocycles. The van der Waals surface area contributed by atoms with Gasteiger partial charge in [0.2, 0.25) is 0 Å². The Labute approximate surface area is 225 Å². The smallest absolute Gasteiger partial charge is 0.384 e. The van der Waals surface area contributed by atoms with Crippen molar-refractivity contribution in [3.63, 3.8) is 0 Å². The molecule has 1 amide bonds. The molecule has 0 spiro atoms. The summed E-state index contributed by atoms with van der Waals surface area (Å²) < 4.78 is 67.4. The van der Waals surface area contributed by atoms with Crippen LogP contribution in [0.25, 0.3) is 0 Å². The molecule has 0 saturated heterocycles. The van der Waals surface area contributed by atoms with Crippen LogP contribution in [0.3, 0.4) is 0 Å². The number of rotatable bonds is 6. The van der Waals surface area contributed by atoms with Crippen molar-refractivity contribution in [3.8, 4) is 0 Å². The highest BCUT2D eigenvalue weighted by Gasteiger charge is 2.67. The van der Waals surface area contributed by atoms with Crippen LogP contribution in [-0.2, 0) is 4.79 Å². The van der Waals surface area contributed by atoms with Crippen LogP contribution >= 0.6 is 0 Å². The van der Waals surface area contributed by atoms with Crippen molar-refractivity contribution in [2.45, 2.75) is 82.4 Å². The summed E-state index contributed by atoms with van der Waals surface area (Å²) in [4.78, 5) is 26.1. The summed E-state index contributed by atoms with van der Waals surface area (Å²) in [6, 6.07) is 7.43. The van der Waals surface area contributed by atoms with Gasteiger partial charge in [0.1, 0.15) is 5.60 Å². The first-order chi connectivity index (χ1) is 18.0. The van der Waals surface area contributed by atoms with E-state index in [1.165, 1.54) is 4.90 Å². The summed E-state index contributed by atoms with van der Waals surface area (Å²) in [7, 11) is 3.36. The van der Waals surface area contributed by atoms with Crippen LogP contribution < -0.4 is 0 Å². The predicted octanol–water partition coefficient (Wildman–Crippen LogP) is 6.85. The highest BCUT2D eigenvalue weighted by Crippen LogP contribution is 2.56. The van der Waals surface area contributed by atoms with E-state index in [1.807, 2.05) is 19.1 Å². The number of carbonyl (C=O) groups is 2. The molecule has 214 valence electrons. The lowest BCUT2D eigenvalue weighted by atomic mass is 9.57. The van der Waals surface area contributed by atoms with E-state index in [4.69, 9.17) is 0 Å². The minimum atomic E-state index is -5.84. The van der Waals surface area contributed by atoms with Gasteiger partial charge in [-0.15, -0.1) is 0 Å². The highest BCUT2D eigenvalue weighted by atomic mass is 19.4. The molecule has 1 saturated carbocycles. The van der Waals surface area contributed by atoms with Crippen LogP contribution in [0.5, 0.6) is 0 Å². The van der Waals surface area contributed by atoms with Gasteiger partial charge in [-0.1, -0.05) is 24.6 Å². The van der Waals surface area contributed by atoms with Gasteiger partial charge < -0.3 is 10.0 Å². The predicted molar refractivity (Wildman–Crippen MR) is 137 cm³/mol. The van der Waals surface area contributed by atoms with Gasteiger partial charge in [0.05, 0.1) is 0 Å². The van der Waals surface area contributed by atoms with Gasteiger partial charge in [0.15, 0.2) is 5.78 Å². The fourth-order valence-corrected chi connectivity index (χ4v) is 6.82. The van der Waals surface area contributed by atoms with Crippen molar-refractivity contribution in [3.05, 3.63) is 58.2 Å². The van der Waals surface area contributed by atoms with Gasteiger partial charge in [0, 0.05) is 32.0 Å². The van der Waals surface area contributed by atoms with Crippen LogP contribution in [-0.4, -0.2) is 53.5 Å². The molecule has 4 rings (SSSR count).